The number of anilines is 1. The highest BCUT2D eigenvalue weighted by molar-refractivity contribution is 6.05. The second-order valence-electron chi connectivity index (χ2n) is 10.6. The Balaban J connectivity index is 1.47. The van der Waals surface area contributed by atoms with Crippen LogP contribution in [-0.4, -0.2) is 52.9 Å². The van der Waals surface area contributed by atoms with Crippen LogP contribution in [0.3, 0.4) is 0 Å². The third kappa shape index (κ3) is 9.11. The number of carbonyl (C=O) groups is 6. The molecule has 4 aromatic carbocycles. The van der Waals surface area contributed by atoms with Crippen LogP contribution in [0, 0.1) is 20.8 Å². The first-order valence-electron chi connectivity index (χ1n) is 14.3. The highest BCUT2D eigenvalue weighted by Gasteiger charge is 2.41. The molecular weight excluding hydrogens is 606 g/mol. The van der Waals surface area contributed by atoms with Crippen molar-refractivity contribution < 1.29 is 43.3 Å². The molecule has 0 aliphatic rings. The lowest BCUT2D eigenvalue weighted by Gasteiger charge is -2.23. The summed E-state index contributed by atoms with van der Waals surface area (Å²) in [6.45, 7) is 5.47. The van der Waals surface area contributed by atoms with E-state index in [9.17, 15) is 33.9 Å². The molecule has 0 heterocycles. The molecular formula is C35H31N3O9. The van der Waals surface area contributed by atoms with Gasteiger partial charge in [0.1, 0.15) is 0 Å². The summed E-state index contributed by atoms with van der Waals surface area (Å²) in [6, 6.07) is 24.7. The van der Waals surface area contributed by atoms with Crippen LogP contribution < -0.4 is 16.2 Å². The van der Waals surface area contributed by atoms with Gasteiger partial charge in [-0.2, -0.15) is 0 Å². The quantitative estimate of drug-likeness (QED) is 0.147. The van der Waals surface area contributed by atoms with Gasteiger partial charge in [0, 0.05) is 16.8 Å². The summed E-state index contributed by atoms with van der Waals surface area (Å²) in [7, 11) is 0. The zero-order chi connectivity index (χ0) is 34.1. The molecule has 4 aromatic rings. The third-order valence-corrected chi connectivity index (χ3v) is 6.84. The van der Waals surface area contributed by atoms with Gasteiger partial charge in [-0.15, -0.1) is 0 Å². The fraction of sp³-hybridized carbons (Fsp3) is 0.143. The predicted octanol–water partition coefficient (Wildman–Crippen LogP) is 4.16. The maximum atomic E-state index is 13.2. The molecule has 12 nitrogen and oxygen atoms in total. The zero-order valence-corrected chi connectivity index (χ0v) is 25.6. The number of nitrogens with one attached hydrogen (secondary N) is 3. The van der Waals surface area contributed by atoms with Gasteiger partial charge >= 0.3 is 17.9 Å². The summed E-state index contributed by atoms with van der Waals surface area (Å²) in [6.07, 6.45) is -4.50. The van der Waals surface area contributed by atoms with Crippen LogP contribution in [0.5, 0.6) is 0 Å². The van der Waals surface area contributed by atoms with E-state index in [0.29, 0.717) is 11.3 Å². The largest absolute Gasteiger partial charge is 0.478 e. The van der Waals surface area contributed by atoms with E-state index < -0.39 is 41.9 Å². The van der Waals surface area contributed by atoms with E-state index in [2.05, 4.69) is 10.7 Å². The van der Waals surface area contributed by atoms with Crippen molar-refractivity contribution in [1.82, 2.24) is 10.9 Å². The summed E-state index contributed by atoms with van der Waals surface area (Å²) in [4.78, 5) is 76.4. The molecule has 0 radical (unpaired) electrons. The van der Waals surface area contributed by atoms with Crippen molar-refractivity contribution in [3.05, 3.63) is 136 Å². The van der Waals surface area contributed by atoms with Gasteiger partial charge in [0.25, 0.3) is 17.7 Å². The lowest BCUT2D eigenvalue weighted by molar-refractivity contribution is -0.159. The van der Waals surface area contributed by atoms with Gasteiger partial charge in [-0.1, -0.05) is 53.1 Å². The van der Waals surface area contributed by atoms with E-state index in [1.165, 1.54) is 48.5 Å². The van der Waals surface area contributed by atoms with Gasteiger partial charge in [0.2, 0.25) is 12.2 Å². The number of carboxylic acids is 1. The smallest absolute Gasteiger partial charge is 0.349 e. The van der Waals surface area contributed by atoms with E-state index in [0.717, 1.165) is 16.7 Å². The molecule has 12 heteroatoms. The van der Waals surface area contributed by atoms with Crippen molar-refractivity contribution in [3.8, 4) is 0 Å². The van der Waals surface area contributed by atoms with Crippen LogP contribution in [0.4, 0.5) is 5.69 Å². The number of esters is 2. The maximum absolute atomic E-state index is 13.2. The molecule has 240 valence electrons. The molecule has 0 fully saturated rings. The number of benzene rings is 4. The zero-order valence-electron chi connectivity index (χ0n) is 25.6. The molecule has 3 amide bonds. The number of hydrogen-bond acceptors (Lipinski definition) is 8. The molecule has 47 heavy (non-hydrogen) atoms. The number of carboxylic acid groups (broad SMARTS) is 1. The lowest BCUT2D eigenvalue weighted by Crippen LogP contribution is -2.54. The van der Waals surface area contributed by atoms with Gasteiger partial charge in [-0.05, 0) is 81.4 Å². The fourth-order valence-corrected chi connectivity index (χ4v) is 4.12. The number of amides is 3. The monoisotopic (exact) mass is 637 g/mol. The van der Waals surface area contributed by atoms with Gasteiger partial charge in [0.15, 0.2) is 0 Å². The van der Waals surface area contributed by atoms with Crippen LogP contribution in [0.15, 0.2) is 97.1 Å². The third-order valence-electron chi connectivity index (χ3n) is 6.84. The molecule has 0 aliphatic carbocycles. The van der Waals surface area contributed by atoms with Crippen molar-refractivity contribution in [2.24, 2.45) is 0 Å². The molecule has 2 atom stereocenters. The first kappa shape index (κ1) is 33.6. The van der Waals surface area contributed by atoms with E-state index in [-0.39, 0.29) is 22.6 Å². The standard InChI is InChI=1S/C35H31N3O9/c1-20-4-10-23(11-5-20)30(39)36-27-18-16-24(17-19-27)31(40)37-38-32(41)28(46-34(44)25-12-6-21(2)7-13-25)29(33(42)43)47-35(45)26-14-8-22(3)9-15-26/h4-19,28-29H,1-3H3,(H,36,39)(H,37,40)(H,38,41)(H,42,43)/t28-,29-/m0/s1. The van der Waals surface area contributed by atoms with Gasteiger partial charge < -0.3 is 19.9 Å². The van der Waals surface area contributed by atoms with Gasteiger partial charge in [0.05, 0.1) is 11.1 Å². The Labute approximate surface area is 269 Å². The van der Waals surface area contributed by atoms with Gasteiger partial charge in [-0.25, -0.2) is 14.4 Å². The Morgan fingerprint density at radius 2 is 0.894 bits per heavy atom. The summed E-state index contributed by atoms with van der Waals surface area (Å²) < 4.78 is 10.4. The number of ether oxygens (including phenoxy) is 2. The number of hydrogen-bond donors (Lipinski definition) is 4. The number of carbonyl (C=O) groups excluding carboxylic acids is 5. The van der Waals surface area contributed by atoms with Crippen LogP contribution >= 0.6 is 0 Å². The van der Waals surface area contributed by atoms with Crippen molar-refractivity contribution in [3.63, 3.8) is 0 Å². The number of aliphatic carboxylic acids is 1. The van der Waals surface area contributed by atoms with Crippen LogP contribution in [0.2, 0.25) is 0 Å². The molecule has 0 aliphatic heterocycles. The van der Waals surface area contributed by atoms with E-state index in [4.69, 9.17) is 9.47 Å². The highest BCUT2D eigenvalue weighted by atomic mass is 16.6. The SMILES string of the molecule is Cc1ccc(C(=O)Nc2ccc(C(=O)NNC(=O)[C@@H](OC(=O)c3ccc(C)cc3)[C@H](OC(=O)c3ccc(C)cc3)C(=O)O)cc2)cc1. The van der Waals surface area contributed by atoms with E-state index in [1.54, 1.807) is 62.4 Å². The average Bonchev–Trinajstić information content (AvgIpc) is 3.06. The molecule has 0 bridgehead atoms. The Hall–Kier alpha value is -6.30. The molecule has 0 spiro atoms. The topological polar surface area (TPSA) is 177 Å². The second kappa shape index (κ2) is 15.1. The first-order chi connectivity index (χ1) is 22.4. The van der Waals surface area contributed by atoms with Gasteiger partial charge in [-0.3, -0.25) is 25.2 Å². The lowest BCUT2D eigenvalue weighted by atomic mass is 10.1. The van der Waals surface area contributed by atoms with Crippen molar-refractivity contribution in [1.29, 1.82) is 0 Å². The Kier molecular flexibility index (Phi) is 10.8. The summed E-state index contributed by atoms with van der Waals surface area (Å²) >= 11 is 0. The minimum absolute atomic E-state index is 0.000921. The normalized spacial score (nSPS) is 11.7. The molecule has 4 rings (SSSR count). The highest BCUT2D eigenvalue weighted by Crippen LogP contribution is 2.16. The van der Waals surface area contributed by atoms with E-state index >= 15 is 0 Å². The molecule has 0 unspecified atom stereocenters. The first-order valence-corrected chi connectivity index (χ1v) is 14.3. The summed E-state index contributed by atoms with van der Waals surface area (Å²) in [5.74, 6) is -6.39. The molecule has 4 N–H and O–H groups in total. The van der Waals surface area contributed by atoms with Crippen LogP contribution in [0.1, 0.15) is 58.1 Å². The Morgan fingerprint density at radius 1 is 0.511 bits per heavy atom. The summed E-state index contributed by atoms with van der Waals surface area (Å²) in [5, 5.41) is 12.6. The number of aryl methyl sites for hydroxylation is 3. The Bertz CT molecular complexity index is 1780. The average molecular weight is 638 g/mol. The van der Waals surface area contributed by atoms with Crippen LogP contribution in [0.25, 0.3) is 0 Å². The van der Waals surface area contributed by atoms with E-state index in [1.807, 2.05) is 12.3 Å². The van der Waals surface area contributed by atoms with Crippen molar-refractivity contribution >= 4 is 41.3 Å². The molecule has 0 saturated heterocycles. The maximum Gasteiger partial charge on any atom is 0.349 e. The number of hydrazine groups is 1. The van der Waals surface area contributed by atoms with Crippen molar-refractivity contribution in [2.75, 3.05) is 5.32 Å². The fourth-order valence-electron chi connectivity index (χ4n) is 4.12. The van der Waals surface area contributed by atoms with Crippen LogP contribution in [-0.2, 0) is 19.1 Å². The minimum atomic E-state index is -2.29. The Morgan fingerprint density at radius 3 is 1.34 bits per heavy atom. The second-order valence-corrected chi connectivity index (χ2v) is 10.6. The molecule has 0 saturated carbocycles. The summed E-state index contributed by atoms with van der Waals surface area (Å²) in [5.41, 5.74) is 7.73. The number of rotatable bonds is 10. The molecule has 0 aromatic heterocycles. The minimum Gasteiger partial charge on any atom is -0.478 e. The van der Waals surface area contributed by atoms with Crippen molar-refractivity contribution in [2.45, 2.75) is 33.0 Å². The predicted molar refractivity (Wildman–Crippen MR) is 170 cm³/mol.